The van der Waals surface area contributed by atoms with Crippen LogP contribution in [-0.2, 0) is 0 Å². The molecule has 10 aromatic carbocycles. The third-order valence-electron chi connectivity index (χ3n) is 11.8. The fourth-order valence-corrected chi connectivity index (χ4v) is 8.96. The van der Waals surface area contributed by atoms with Crippen LogP contribution >= 0.6 is 0 Å². The van der Waals surface area contributed by atoms with E-state index in [9.17, 15) is 0 Å². The minimum atomic E-state index is 1.08. The van der Waals surface area contributed by atoms with Crippen molar-refractivity contribution in [3.05, 3.63) is 243 Å². The summed E-state index contributed by atoms with van der Waals surface area (Å²) in [6.45, 7) is 0. The Balaban J connectivity index is 1.15. The maximum absolute atomic E-state index is 2.46. The van der Waals surface area contributed by atoms with E-state index in [-0.39, 0.29) is 0 Å². The van der Waals surface area contributed by atoms with Crippen LogP contribution in [0.15, 0.2) is 243 Å². The van der Waals surface area contributed by atoms with Crippen LogP contribution in [0.1, 0.15) is 0 Å². The van der Waals surface area contributed by atoms with E-state index in [0.717, 1.165) is 33.8 Å². The molecule has 0 bridgehead atoms. The maximum Gasteiger partial charge on any atom is 0.0562 e. The van der Waals surface area contributed by atoms with Crippen molar-refractivity contribution in [3.8, 4) is 50.2 Å². The van der Waals surface area contributed by atoms with Gasteiger partial charge in [0.15, 0.2) is 0 Å². The number of hydrogen-bond acceptors (Lipinski definition) is 1. The predicted octanol–water partition coefficient (Wildman–Crippen LogP) is 16.1. The first-order valence-corrected chi connectivity index (χ1v) is 20.6. The van der Waals surface area contributed by atoms with Crippen LogP contribution in [0.2, 0.25) is 0 Å². The van der Waals surface area contributed by atoms with E-state index in [1.54, 1.807) is 0 Å². The number of anilines is 3. The van der Waals surface area contributed by atoms with Gasteiger partial charge in [-0.1, -0.05) is 200 Å². The Morgan fingerprint density at radius 2 is 0.833 bits per heavy atom. The Kier molecular flexibility index (Phi) is 8.87. The summed E-state index contributed by atoms with van der Waals surface area (Å²) >= 11 is 0. The molecule has 0 aliphatic rings. The molecule has 1 heterocycles. The first-order chi connectivity index (χ1) is 29.8. The molecule has 0 saturated carbocycles. The normalized spacial score (nSPS) is 11.3. The van der Waals surface area contributed by atoms with Crippen molar-refractivity contribution in [1.29, 1.82) is 0 Å². The van der Waals surface area contributed by atoms with Crippen LogP contribution in [0.5, 0.6) is 0 Å². The van der Waals surface area contributed by atoms with Crippen LogP contribution in [0.3, 0.4) is 0 Å². The standard InChI is InChI=1S/C58H40N2/c1-4-17-41(18-5-1)43-31-33-45(34-32-43)50-26-12-14-29-55(50)60-56-30-15-13-27-52(56)54-38-36-48(40-58(54)60)59(47-23-8-3-9-24-47)57-39-46(42-19-6-2-7-20-42)35-37-53(57)51-28-16-22-44-21-10-11-25-49(44)51/h1-40H. The SMILES string of the molecule is c1ccc(-c2ccc(-c3ccccc3-n3c4ccccc4c4ccc(N(c5ccccc5)c5cc(-c6ccccc6)ccc5-c5cccc6ccccc56)cc43)cc2)cc1. The molecule has 1 aromatic heterocycles. The molecular weight excluding hydrogens is 725 g/mol. The Morgan fingerprint density at radius 3 is 1.62 bits per heavy atom. The number of aromatic nitrogens is 1. The van der Waals surface area contributed by atoms with Crippen molar-refractivity contribution >= 4 is 49.6 Å². The summed E-state index contributed by atoms with van der Waals surface area (Å²) in [6, 6.07) is 88.0. The second-order valence-electron chi connectivity index (χ2n) is 15.3. The number of rotatable bonds is 8. The molecule has 11 aromatic rings. The molecule has 0 fully saturated rings. The second-order valence-corrected chi connectivity index (χ2v) is 15.3. The highest BCUT2D eigenvalue weighted by molar-refractivity contribution is 6.11. The molecule has 0 aliphatic heterocycles. The zero-order valence-corrected chi connectivity index (χ0v) is 33.0. The zero-order valence-electron chi connectivity index (χ0n) is 33.0. The largest absolute Gasteiger partial charge is 0.310 e. The summed E-state index contributed by atoms with van der Waals surface area (Å²) in [7, 11) is 0. The number of para-hydroxylation sites is 3. The predicted molar refractivity (Wildman–Crippen MR) is 255 cm³/mol. The summed E-state index contributed by atoms with van der Waals surface area (Å²) in [5.74, 6) is 0. The molecule has 0 radical (unpaired) electrons. The first kappa shape index (κ1) is 35.2. The second kappa shape index (κ2) is 15.1. The van der Waals surface area contributed by atoms with Crippen molar-refractivity contribution < 1.29 is 0 Å². The summed E-state index contributed by atoms with van der Waals surface area (Å²) in [4.78, 5) is 2.44. The summed E-state index contributed by atoms with van der Waals surface area (Å²) in [5, 5.41) is 4.88. The lowest BCUT2D eigenvalue weighted by Crippen LogP contribution is -2.11. The van der Waals surface area contributed by atoms with Gasteiger partial charge in [-0.3, -0.25) is 0 Å². The lowest BCUT2D eigenvalue weighted by Gasteiger charge is -2.29. The van der Waals surface area contributed by atoms with E-state index in [1.807, 2.05) is 0 Å². The van der Waals surface area contributed by atoms with E-state index in [0.29, 0.717) is 0 Å². The number of nitrogens with zero attached hydrogens (tertiary/aromatic N) is 2. The van der Waals surface area contributed by atoms with Crippen molar-refractivity contribution in [2.24, 2.45) is 0 Å². The number of fused-ring (bicyclic) bond motifs is 4. The smallest absolute Gasteiger partial charge is 0.0562 e. The molecule has 0 saturated heterocycles. The molecule has 2 heteroatoms. The summed E-state index contributed by atoms with van der Waals surface area (Å²) in [5.41, 5.74) is 16.2. The minimum Gasteiger partial charge on any atom is -0.310 e. The van der Waals surface area contributed by atoms with E-state index >= 15 is 0 Å². The molecule has 0 unspecified atom stereocenters. The van der Waals surface area contributed by atoms with Crippen molar-refractivity contribution in [1.82, 2.24) is 4.57 Å². The van der Waals surface area contributed by atoms with Gasteiger partial charge in [0.1, 0.15) is 0 Å². The zero-order chi connectivity index (χ0) is 39.8. The van der Waals surface area contributed by atoms with Gasteiger partial charge in [-0.15, -0.1) is 0 Å². The fourth-order valence-electron chi connectivity index (χ4n) is 8.96. The highest BCUT2D eigenvalue weighted by Crippen LogP contribution is 2.46. The summed E-state index contributed by atoms with van der Waals surface area (Å²) in [6.07, 6.45) is 0. The monoisotopic (exact) mass is 764 g/mol. The molecule has 2 nitrogen and oxygen atoms in total. The molecule has 0 spiro atoms. The van der Waals surface area contributed by atoms with Crippen LogP contribution in [0.25, 0.3) is 82.8 Å². The molecule has 0 atom stereocenters. The van der Waals surface area contributed by atoms with Gasteiger partial charge in [0.2, 0.25) is 0 Å². The van der Waals surface area contributed by atoms with Gasteiger partial charge in [0.05, 0.1) is 22.4 Å². The van der Waals surface area contributed by atoms with Crippen LogP contribution in [0.4, 0.5) is 17.1 Å². The Morgan fingerprint density at radius 1 is 0.283 bits per heavy atom. The molecule has 11 rings (SSSR count). The van der Waals surface area contributed by atoms with Crippen LogP contribution < -0.4 is 4.90 Å². The molecule has 282 valence electrons. The van der Waals surface area contributed by atoms with Crippen molar-refractivity contribution in [2.75, 3.05) is 4.90 Å². The average Bonchev–Trinajstić information content (AvgIpc) is 3.66. The number of hydrogen-bond donors (Lipinski definition) is 0. The molecular formula is C58H40N2. The fraction of sp³-hybridized carbons (Fsp3) is 0. The minimum absolute atomic E-state index is 1.08. The highest BCUT2D eigenvalue weighted by atomic mass is 15.1. The van der Waals surface area contributed by atoms with Gasteiger partial charge in [0, 0.05) is 33.3 Å². The molecule has 60 heavy (non-hydrogen) atoms. The van der Waals surface area contributed by atoms with Crippen molar-refractivity contribution in [2.45, 2.75) is 0 Å². The van der Waals surface area contributed by atoms with Gasteiger partial charge in [-0.05, 0) is 86.6 Å². The average molecular weight is 765 g/mol. The van der Waals surface area contributed by atoms with E-state index in [2.05, 4.69) is 252 Å². The summed E-state index contributed by atoms with van der Waals surface area (Å²) < 4.78 is 2.46. The van der Waals surface area contributed by atoms with E-state index in [1.165, 1.54) is 66.0 Å². The van der Waals surface area contributed by atoms with E-state index in [4.69, 9.17) is 0 Å². The molecule has 0 N–H and O–H groups in total. The molecule has 0 aliphatic carbocycles. The van der Waals surface area contributed by atoms with E-state index < -0.39 is 0 Å². The Hall–Kier alpha value is -7.94. The maximum atomic E-state index is 2.46. The van der Waals surface area contributed by atoms with Gasteiger partial charge < -0.3 is 9.47 Å². The topological polar surface area (TPSA) is 8.17 Å². The quantitative estimate of drug-likeness (QED) is 0.150. The van der Waals surface area contributed by atoms with Crippen LogP contribution in [-0.4, -0.2) is 4.57 Å². The Labute approximate surface area is 350 Å². The number of benzene rings is 10. The first-order valence-electron chi connectivity index (χ1n) is 20.6. The van der Waals surface area contributed by atoms with Crippen molar-refractivity contribution in [3.63, 3.8) is 0 Å². The Bertz CT molecular complexity index is 3290. The van der Waals surface area contributed by atoms with Gasteiger partial charge in [-0.25, -0.2) is 0 Å². The molecule has 0 amide bonds. The van der Waals surface area contributed by atoms with Gasteiger partial charge in [-0.2, -0.15) is 0 Å². The van der Waals surface area contributed by atoms with Crippen LogP contribution in [0, 0.1) is 0 Å². The lowest BCUT2D eigenvalue weighted by atomic mass is 9.93. The van der Waals surface area contributed by atoms with Gasteiger partial charge >= 0.3 is 0 Å². The van der Waals surface area contributed by atoms with Gasteiger partial charge in [0.25, 0.3) is 0 Å². The lowest BCUT2D eigenvalue weighted by molar-refractivity contribution is 1.18. The third-order valence-corrected chi connectivity index (χ3v) is 11.8. The third kappa shape index (κ3) is 6.23. The highest BCUT2D eigenvalue weighted by Gasteiger charge is 2.22.